The number of thioether (sulfide) groups is 1. The predicted octanol–water partition coefficient (Wildman–Crippen LogP) is 4.76. The molecule has 0 aliphatic carbocycles. The highest BCUT2D eigenvalue weighted by Gasteiger charge is 2.35. The minimum Gasteiger partial charge on any atom is -0.342 e. The first kappa shape index (κ1) is 21.8. The molecule has 1 amide bonds. The number of rotatable bonds is 6. The lowest BCUT2D eigenvalue weighted by atomic mass is 10.1. The lowest BCUT2D eigenvalue weighted by Crippen LogP contribution is -2.30. The van der Waals surface area contributed by atoms with Crippen molar-refractivity contribution in [3.63, 3.8) is 0 Å². The molecule has 3 rings (SSSR count). The molecule has 3 aromatic rings. The van der Waals surface area contributed by atoms with Crippen molar-refractivity contribution < 1.29 is 22.4 Å². The summed E-state index contributed by atoms with van der Waals surface area (Å²) in [5.74, 6) is -0.235. The normalized spacial score (nSPS) is 12.6. The van der Waals surface area contributed by atoms with Crippen molar-refractivity contribution in [3.05, 3.63) is 76.9 Å². The number of benzene rings is 2. The summed E-state index contributed by atoms with van der Waals surface area (Å²) in [5.41, 5.74) is -0.552. The van der Waals surface area contributed by atoms with Crippen molar-refractivity contribution in [2.24, 2.45) is 7.05 Å². The number of nitrogens with one attached hydrogen (secondary N) is 1. The van der Waals surface area contributed by atoms with E-state index in [1.807, 2.05) is 0 Å². The van der Waals surface area contributed by atoms with Crippen LogP contribution in [0.3, 0.4) is 0 Å². The number of aromatic nitrogens is 3. The highest BCUT2D eigenvalue weighted by molar-refractivity contribution is 7.98. The fraction of sp³-hybridized carbons (Fsp3) is 0.250. The van der Waals surface area contributed by atoms with Gasteiger partial charge in [-0.15, -0.1) is 10.2 Å². The molecule has 0 bridgehead atoms. The Kier molecular flexibility index (Phi) is 6.45. The summed E-state index contributed by atoms with van der Waals surface area (Å²) in [4.78, 5) is 12.4. The second-order valence-corrected chi connectivity index (χ2v) is 7.50. The van der Waals surface area contributed by atoms with Gasteiger partial charge in [0.25, 0.3) is 5.91 Å². The van der Waals surface area contributed by atoms with E-state index in [4.69, 9.17) is 0 Å². The molecule has 158 valence electrons. The van der Waals surface area contributed by atoms with Gasteiger partial charge in [-0.25, -0.2) is 4.39 Å². The van der Waals surface area contributed by atoms with Crippen LogP contribution in [0.15, 0.2) is 53.7 Å². The molecule has 10 heteroatoms. The molecule has 0 aliphatic heterocycles. The molecule has 0 saturated carbocycles. The van der Waals surface area contributed by atoms with Gasteiger partial charge in [0.05, 0.1) is 17.2 Å². The molecule has 0 saturated heterocycles. The van der Waals surface area contributed by atoms with Gasteiger partial charge in [-0.3, -0.25) is 4.79 Å². The van der Waals surface area contributed by atoms with Gasteiger partial charge in [0, 0.05) is 12.8 Å². The maximum Gasteiger partial charge on any atom is 0.417 e. The Morgan fingerprint density at radius 1 is 1.13 bits per heavy atom. The minimum absolute atomic E-state index is 0.318. The summed E-state index contributed by atoms with van der Waals surface area (Å²) in [7, 11) is 1.70. The Hall–Kier alpha value is -2.88. The van der Waals surface area contributed by atoms with E-state index in [2.05, 4.69) is 15.5 Å². The third-order valence-electron chi connectivity index (χ3n) is 4.36. The molecule has 0 aliphatic rings. The molecule has 1 N–H and O–H groups in total. The molecule has 0 fully saturated rings. The monoisotopic (exact) mass is 438 g/mol. The van der Waals surface area contributed by atoms with Gasteiger partial charge in [-0.2, -0.15) is 13.2 Å². The van der Waals surface area contributed by atoms with E-state index in [9.17, 15) is 22.4 Å². The molecule has 1 atom stereocenters. The summed E-state index contributed by atoms with van der Waals surface area (Å²) < 4.78 is 54.1. The van der Waals surface area contributed by atoms with Gasteiger partial charge in [0.2, 0.25) is 0 Å². The van der Waals surface area contributed by atoms with Crippen LogP contribution in [-0.4, -0.2) is 20.7 Å². The quantitative estimate of drug-likeness (QED) is 0.446. The van der Waals surface area contributed by atoms with Crippen molar-refractivity contribution in [2.75, 3.05) is 0 Å². The number of carbonyl (C=O) groups excluding carboxylic acids is 1. The number of nitrogens with zero attached hydrogens (tertiary/aromatic N) is 3. The molecule has 2 aromatic carbocycles. The Morgan fingerprint density at radius 3 is 2.47 bits per heavy atom. The van der Waals surface area contributed by atoms with Crippen molar-refractivity contribution in [1.82, 2.24) is 20.1 Å². The lowest BCUT2D eigenvalue weighted by Gasteiger charge is -2.16. The Morgan fingerprint density at radius 2 is 1.80 bits per heavy atom. The number of halogens is 4. The van der Waals surface area contributed by atoms with Crippen LogP contribution in [0.5, 0.6) is 0 Å². The maximum atomic E-state index is 13.2. The molecule has 0 spiro atoms. The second kappa shape index (κ2) is 8.86. The van der Waals surface area contributed by atoms with Gasteiger partial charge < -0.3 is 9.88 Å². The topological polar surface area (TPSA) is 59.8 Å². The third-order valence-corrected chi connectivity index (χ3v) is 5.45. The average molecular weight is 438 g/mol. The van der Waals surface area contributed by atoms with Crippen LogP contribution in [0.4, 0.5) is 17.6 Å². The first-order chi connectivity index (χ1) is 14.2. The van der Waals surface area contributed by atoms with E-state index in [-0.39, 0.29) is 5.82 Å². The largest absolute Gasteiger partial charge is 0.417 e. The predicted molar refractivity (Wildman–Crippen MR) is 104 cm³/mol. The lowest BCUT2D eigenvalue weighted by molar-refractivity contribution is -0.137. The molecule has 1 aromatic heterocycles. The summed E-state index contributed by atoms with van der Waals surface area (Å²) in [6.07, 6.45) is -4.63. The van der Waals surface area contributed by atoms with Gasteiger partial charge in [0.1, 0.15) is 5.82 Å². The molecular weight excluding hydrogens is 420 g/mol. The smallest absolute Gasteiger partial charge is 0.342 e. The first-order valence-electron chi connectivity index (χ1n) is 8.90. The molecule has 30 heavy (non-hydrogen) atoms. The van der Waals surface area contributed by atoms with Crippen LogP contribution in [0.2, 0.25) is 0 Å². The minimum atomic E-state index is -4.63. The maximum absolute atomic E-state index is 13.2. The zero-order valence-corrected chi connectivity index (χ0v) is 16.9. The van der Waals surface area contributed by atoms with Crippen LogP contribution in [0, 0.1) is 5.82 Å². The van der Waals surface area contributed by atoms with E-state index in [1.54, 1.807) is 30.7 Å². The highest BCUT2D eigenvalue weighted by Crippen LogP contribution is 2.32. The number of hydrogen-bond acceptors (Lipinski definition) is 4. The van der Waals surface area contributed by atoms with Gasteiger partial charge in [-0.05, 0) is 36.8 Å². The molecule has 0 radical (unpaired) electrons. The fourth-order valence-corrected chi connectivity index (χ4v) is 3.70. The van der Waals surface area contributed by atoms with E-state index in [0.29, 0.717) is 16.7 Å². The van der Waals surface area contributed by atoms with Crippen LogP contribution in [0.25, 0.3) is 0 Å². The number of amides is 1. The summed E-state index contributed by atoms with van der Waals surface area (Å²) >= 11 is 1.37. The van der Waals surface area contributed by atoms with Crippen LogP contribution in [0.1, 0.15) is 40.3 Å². The van der Waals surface area contributed by atoms with Crippen molar-refractivity contribution in [2.45, 2.75) is 30.1 Å². The van der Waals surface area contributed by atoms with E-state index in [1.165, 1.54) is 36.0 Å². The van der Waals surface area contributed by atoms with Crippen molar-refractivity contribution >= 4 is 17.7 Å². The Balaban J connectivity index is 1.70. The van der Waals surface area contributed by atoms with E-state index in [0.717, 1.165) is 17.7 Å². The highest BCUT2D eigenvalue weighted by atomic mass is 32.2. The van der Waals surface area contributed by atoms with Crippen molar-refractivity contribution in [1.29, 1.82) is 0 Å². The molecule has 0 unspecified atom stereocenters. The first-order valence-corrected chi connectivity index (χ1v) is 9.89. The van der Waals surface area contributed by atoms with Gasteiger partial charge in [-0.1, -0.05) is 36.0 Å². The van der Waals surface area contributed by atoms with Gasteiger partial charge >= 0.3 is 6.18 Å². The molecule has 5 nitrogen and oxygen atoms in total. The SMILES string of the molecule is C[C@H](NC(=O)c1ccccc1C(F)(F)F)c1nnc(SCc2ccc(F)cc2)n1C. The standard InChI is InChI=1S/C20H18F4N4OS/c1-12(25-18(29)15-5-3-4-6-16(15)20(22,23)24)17-26-27-19(28(17)2)30-11-13-7-9-14(21)10-8-13/h3-10,12H,11H2,1-2H3,(H,25,29)/t12-/m0/s1. The van der Waals surface area contributed by atoms with Gasteiger partial charge in [0.15, 0.2) is 11.0 Å². The van der Waals surface area contributed by atoms with Crippen LogP contribution in [-0.2, 0) is 19.0 Å². The summed E-state index contributed by atoms with van der Waals surface area (Å²) in [6, 6.07) is 10.0. The average Bonchev–Trinajstić information content (AvgIpc) is 3.07. The zero-order valence-electron chi connectivity index (χ0n) is 16.1. The molecule has 1 heterocycles. The summed E-state index contributed by atoms with van der Waals surface area (Å²) in [5, 5.41) is 11.2. The Labute approximate surface area is 174 Å². The summed E-state index contributed by atoms with van der Waals surface area (Å²) in [6.45, 7) is 1.62. The van der Waals surface area contributed by atoms with E-state index < -0.39 is 29.3 Å². The number of hydrogen-bond donors (Lipinski definition) is 1. The number of carbonyl (C=O) groups is 1. The van der Waals surface area contributed by atoms with E-state index >= 15 is 0 Å². The van der Waals surface area contributed by atoms with Crippen LogP contribution >= 0.6 is 11.8 Å². The Bertz CT molecular complexity index is 1030. The second-order valence-electron chi connectivity index (χ2n) is 6.55. The zero-order chi connectivity index (χ0) is 21.9. The molecular formula is C20H18F4N4OS. The van der Waals surface area contributed by atoms with Crippen molar-refractivity contribution in [3.8, 4) is 0 Å². The number of alkyl halides is 3. The third kappa shape index (κ3) is 4.99. The fourth-order valence-electron chi connectivity index (χ4n) is 2.82. The van der Waals surface area contributed by atoms with Crippen LogP contribution < -0.4 is 5.32 Å².